The Hall–Kier alpha value is -2.81. The highest BCUT2D eigenvalue weighted by atomic mass is 16.5. The minimum Gasteiger partial charge on any atom is -0.481 e. The Morgan fingerprint density at radius 2 is 1.54 bits per heavy atom. The zero-order valence-corrected chi connectivity index (χ0v) is 13.9. The molecule has 0 bridgehead atoms. The summed E-state index contributed by atoms with van der Waals surface area (Å²) >= 11 is 0. The van der Waals surface area contributed by atoms with Crippen molar-refractivity contribution in [3.05, 3.63) is 78.4 Å². The number of hydrogen-bond acceptors (Lipinski definition) is 2. The van der Waals surface area contributed by atoms with E-state index in [1.165, 1.54) is 0 Å². The van der Waals surface area contributed by atoms with Crippen molar-refractivity contribution in [2.24, 2.45) is 0 Å². The van der Waals surface area contributed by atoms with E-state index in [1.54, 1.807) is 6.92 Å². The lowest BCUT2D eigenvalue weighted by Crippen LogP contribution is -2.37. The van der Waals surface area contributed by atoms with Gasteiger partial charge in [-0.05, 0) is 42.3 Å². The van der Waals surface area contributed by atoms with Gasteiger partial charge < -0.3 is 10.1 Å². The third-order valence-corrected chi connectivity index (χ3v) is 4.06. The number of nitrogens with one attached hydrogen (secondary N) is 1. The first-order valence-corrected chi connectivity index (χ1v) is 8.14. The van der Waals surface area contributed by atoms with Gasteiger partial charge in [-0.1, -0.05) is 60.7 Å². The normalized spacial score (nSPS) is 13.2. The van der Waals surface area contributed by atoms with E-state index in [2.05, 4.69) is 11.4 Å². The van der Waals surface area contributed by atoms with Gasteiger partial charge in [0.05, 0.1) is 6.04 Å². The van der Waals surface area contributed by atoms with Crippen LogP contribution in [-0.4, -0.2) is 12.0 Å². The zero-order valence-electron chi connectivity index (χ0n) is 13.9. The molecule has 1 amide bonds. The minimum atomic E-state index is -0.558. The van der Waals surface area contributed by atoms with Gasteiger partial charge >= 0.3 is 0 Å². The molecule has 1 N–H and O–H groups in total. The summed E-state index contributed by atoms with van der Waals surface area (Å²) in [6.45, 7) is 3.73. The summed E-state index contributed by atoms with van der Waals surface area (Å²) in [5.41, 5.74) is 1.07. The zero-order chi connectivity index (χ0) is 16.9. The summed E-state index contributed by atoms with van der Waals surface area (Å²) in [7, 11) is 0. The van der Waals surface area contributed by atoms with E-state index < -0.39 is 6.10 Å². The van der Waals surface area contributed by atoms with Crippen LogP contribution < -0.4 is 10.1 Å². The first-order valence-electron chi connectivity index (χ1n) is 8.14. The average Bonchev–Trinajstić information content (AvgIpc) is 2.62. The van der Waals surface area contributed by atoms with Crippen LogP contribution in [0.1, 0.15) is 25.5 Å². The molecule has 0 fully saturated rings. The molecule has 0 unspecified atom stereocenters. The second-order valence-corrected chi connectivity index (χ2v) is 5.91. The molecule has 0 saturated carbocycles. The summed E-state index contributed by atoms with van der Waals surface area (Å²) < 4.78 is 5.81. The molecule has 0 aliphatic rings. The maximum Gasteiger partial charge on any atom is 0.261 e. The first kappa shape index (κ1) is 16.1. The third kappa shape index (κ3) is 3.74. The lowest BCUT2D eigenvalue weighted by atomic mass is 10.1. The number of ether oxygens (including phenoxy) is 1. The van der Waals surface area contributed by atoms with Crippen molar-refractivity contribution in [3.8, 4) is 5.75 Å². The maximum atomic E-state index is 12.4. The van der Waals surface area contributed by atoms with Gasteiger partial charge in [0.2, 0.25) is 0 Å². The summed E-state index contributed by atoms with van der Waals surface area (Å²) in [5, 5.41) is 5.24. The van der Waals surface area contributed by atoms with Gasteiger partial charge in [-0.2, -0.15) is 0 Å². The van der Waals surface area contributed by atoms with Crippen LogP contribution in [0.5, 0.6) is 5.75 Å². The molecule has 3 nitrogen and oxygen atoms in total. The lowest BCUT2D eigenvalue weighted by molar-refractivity contribution is -0.127. The molecule has 3 aromatic rings. The van der Waals surface area contributed by atoms with Crippen molar-refractivity contribution in [2.75, 3.05) is 0 Å². The average molecular weight is 319 g/mol. The summed E-state index contributed by atoms with van der Waals surface area (Å²) in [4.78, 5) is 12.4. The van der Waals surface area contributed by atoms with Gasteiger partial charge in [0, 0.05) is 0 Å². The van der Waals surface area contributed by atoms with Crippen LogP contribution in [0, 0.1) is 0 Å². The van der Waals surface area contributed by atoms with Gasteiger partial charge in [-0.25, -0.2) is 0 Å². The van der Waals surface area contributed by atoms with E-state index in [0.29, 0.717) is 5.75 Å². The molecule has 0 radical (unpaired) electrons. The fraction of sp³-hybridized carbons (Fsp3) is 0.190. The van der Waals surface area contributed by atoms with Crippen LogP contribution in [-0.2, 0) is 4.79 Å². The van der Waals surface area contributed by atoms with Crippen molar-refractivity contribution in [3.63, 3.8) is 0 Å². The van der Waals surface area contributed by atoms with Crippen molar-refractivity contribution in [1.29, 1.82) is 0 Å². The monoisotopic (exact) mass is 319 g/mol. The topological polar surface area (TPSA) is 38.3 Å². The Bertz CT molecular complexity index is 829. The van der Waals surface area contributed by atoms with E-state index in [-0.39, 0.29) is 11.9 Å². The van der Waals surface area contributed by atoms with Crippen molar-refractivity contribution >= 4 is 16.7 Å². The molecule has 3 rings (SSSR count). The van der Waals surface area contributed by atoms with Gasteiger partial charge in [0.1, 0.15) is 5.75 Å². The summed E-state index contributed by atoms with van der Waals surface area (Å²) in [6, 6.07) is 23.8. The van der Waals surface area contributed by atoms with Crippen LogP contribution >= 0.6 is 0 Å². The van der Waals surface area contributed by atoms with Gasteiger partial charge in [-0.3, -0.25) is 4.79 Å². The Kier molecular flexibility index (Phi) is 4.80. The van der Waals surface area contributed by atoms with Gasteiger partial charge in [0.15, 0.2) is 6.10 Å². The molecule has 3 aromatic carbocycles. The third-order valence-electron chi connectivity index (χ3n) is 4.06. The summed E-state index contributed by atoms with van der Waals surface area (Å²) in [6.07, 6.45) is -0.558. The van der Waals surface area contributed by atoms with Gasteiger partial charge in [-0.15, -0.1) is 0 Å². The molecule has 0 aliphatic carbocycles. The van der Waals surface area contributed by atoms with E-state index in [1.807, 2.05) is 73.7 Å². The van der Waals surface area contributed by atoms with E-state index >= 15 is 0 Å². The molecule has 122 valence electrons. The predicted molar refractivity (Wildman–Crippen MR) is 97.0 cm³/mol. The number of amides is 1. The van der Waals surface area contributed by atoms with Crippen LogP contribution in [0.2, 0.25) is 0 Å². The summed E-state index contributed by atoms with van der Waals surface area (Å²) in [5.74, 6) is 0.572. The Morgan fingerprint density at radius 1 is 0.875 bits per heavy atom. The van der Waals surface area contributed by atoms with Crippen LogP contribution in [0.3, 0.4) is 0 Å². The highest BCUT2D eigenvalue weighted by Crippen LogP contribution is 2.21. The number of rotatable bonds is 5. The second-order valence-electron chi connectivity index (χ2n) is 5.91. The predicted octanol–water partition coefficient (Wildman–Crippen LogP) is 4.48. The van der Waals surface area contributed by atoms with Crippen LogP contribution in [0.25, 0.3) is 10.8 Å². The Labute approximate surface area is 142 Å². The van der Waals surface area contributed by atoms with Crippen LogP contribution in [0.15, 0.2) is 72.8 Å². The molecule has 24 heavy (non-hydrogen) atoms. The number of hydrogen-bond donors (Lipinski definition) is 1. The number of carbonyl (C=O) groups is 1. The fourth-order valence-corrected chi connectivity index (χ4v) is 2.65. The SMILES string of the molecule is C[C@H](Oc1ccc2ccccc2c1)C(=O)N[C@@H](C)c1ccccc1. The quantitative estimate of drug-likeness (QED) is 0.753. The number of carbonyl (C=O) groups excluding carboxylic acids is 1. The van der Waals surface area contributed by atoms with E-state index in [0.717, 1.165) is 16.3 Å². The molecular weight excluding hydrogens is 298 g/mol. The Balaban J connectivity index is 1.64. The first-order chi connectivity index (χ1) is 11.6. The molecule has 3 heteroatoms. The smallest absolute Gasteiger partial charge is 0.261 e. The van der Waals surface area contributed by atoms with E-state index in [4.69, 9.17) is 4.74 Å². The molecular formula is C21H21NO2. The van der Waals surface area contributed by atoms with E-state index in [9.17, 15) is 4.79 Å². The second kappa shape index (κ2) is 7.18. The molecule has 0 aromatic heterocycles. The molecule has 0 saturated heterocycles. The van der Waals surface area contributed by atoms with Crippen molar-refractivity contribution in [1.82, 2.24) is 5.32 Å². The largest absolute Gasteiger partial charge is 0.481 e. The maximum absolute atomic E-state index is 12.4. The van der Waals surface area contributed by atoms with Gasteiger partial charge in [0.25, 0.3) is 5.91 Å². The molecule has 0 spiro atoms. The highest BCUT2D eigenvalue weighted by Gasteiger charge is 2.17. The minimum absolute atomic E-state index is 0.0543. The lowest BCUT2D eigenvalue weighted by Gasteiger charge is -2.19. The highest BCUT2D eigenvalue weighted by molar-refractivity contribution is 5.84. The van der Waals surface area contributed by atoms with Crippen molar-refractivity contribution in [2.45, 2.75) is 26.0 Å². The molecule has 0 aliphatic heterocycles. The standard InChI is InChI=1S/C21H21NO2/c1-15(17-8-4-3-5-9-17)22-21(23)16(2)24-20-13-12-18-10-6-7-11-19(18)14-20/h3-16H,1-2H3,(H,22,23)/t15-,16-/m0/s1. The number of benzene rings is 3. The fourth-order valence-electron chi connectivity index (χ4n) is 2.65. The number of fused-ring (bicyclic) bond motifs is 1. The van der Waals surface area contributed by atoms with Crippen molar-refractivity contribution < 1.29 is 9.53 Å². The molecule has 2 atom stereocenters. The van der Waals surface area contributed by atoms with Crippen LogP contribution in [0.4, 0.5) is 0 Å². The Morgan fingerprint density at radius 3 is 2.29 bits per heavy atom. The molecule has 0 heterocycles.